The molecule has 1 aliphatic heterocycles. The summed E-state index contributed by atoms with van der Waals surface area (Å²) >= 11 is 0. The van der Waals surface area contributed by atoms with Crippen LogP contribution in [0, 0.1) is 0 Å². The van der Waals surface area contributed by atoms with Crippen LogP contribution in [0.5, 0.6) is 5.75 Å². The maximum absolute atomic E-state index is 7.40. The van der Waals surface area contributed by atoms with Gasteiger partial charge in [0.1, 0.15) is 5.75 Å². The number of hydrogen-bond donors (Lipinski definition) is 0. The lowest BCUT2D eigenvalue weighted by Gasteiger charge is -2.30. The maximum Gasteiger partial charge on any atom is 0.191 e. The molecule has 1 atom stereocenters. The van der Waals surface area contributed by atoms with Crippen molar-refractivity contribution in [3.05, 3.63) is 157 Å². The van der Waals surface area contributed by atoms with Crippen LogP contribution < -0.4 is 14.7 Å². The van der Waals surface area contributed by atoms with E-state index >= 15 is 0 Å². The van der Waals surface area contributed by atoms with Crippen LogP contribution >= 0.6 is 7.28 Å². The van der Waals surface area contributed by atoms with Crippen LogP contribution in [0.15, 0.2) is 156 Å². The van der Waals surface area contributed by atoms with Gasteiger partial charge in [-0.25, -0.2) is 4.74 Å². The molecule has 6 aromatic carbocycles. The zero-order valence-corrected chi connectivity index (χ0v) is 25.0. The molecule has 42 heavy (non-hydrogen) atoms. The summed E-state index contributed by atoms with van der Waals surface area (Å²) in [6, 6.07) is 48.8. The smallest absolute Gasteiger partial charge is 0.191 e. The van der Waals surface area contributed by atoms with Gasteiger partial charge in [0.25, 0.3) is 0 Å². The number of fused-ring (bicyclic) bond motifs is 3. The summed E-state index contributed by atoms with van der Waals surface area (Å²) in [6.45, 7) is 4.60. The third kappa shape index (κ3) is 4.42. The van der Waals surface area contributed by atoms with Crippen LogP contribution in [-0.4, -0.2) is 7.05 Å². The Morgan fingerprint density at radius 1 is 0.643 bits per heavy atom. The largest absolute Gasteiger partial charge is 0.452 e. The summed E-state index contributed by atoms with van der Waals surface area (Å²) < 4.78 is 13.1. The molecule has 206 valence electrons. The number of nitrogens with zero attached hydrogens (tertiary/aromatic N) is 2. The maximum atomic E-state index is 7.40. The standard InChI is InChI=1S/C38H33N2OP/c1-38(2)33-23-11-12-25-35(33)40(3)37(38)27-42(30-19-5-4-6-20-30,39-34-24-13-17-28-15-7-9-21-31(28)34)41-36-26-14-18-29-16-8-10-22-32(29)36/h4-27H,1-3H3/b37-27-/t42-/m0/s1. The van der Waals surface area contributed by atoms with Crippen LogP contribution in [0.1, 0.15) is 19.4 Å². The van der Waals surface area contributed by atoms with Gasteiger partial charge >= 0.3 is 0 Å². The van der Waals surface area contributed by atoms with Gasteiger partial charge in [-0.3, -0.25) is 0 Å². The second kappa shape index (κ2) is 10.4. The normalized spacial score (nSPS) is 16.4. The van der Waals surface area contributed by atoms with Crippen molar-refractivity contribution in [3.8, 4) is 5.75 Å². The molecule has 0 N–H and O–H groups in total. The molecule has 1 heterocycles. The first-order chi connectivity index (χ1) is 20.5. The van der Waals surface area contributed by atoms with Gasteiger partial charge in [0.2, 0.25) is 0 Å². The van der Waals surface area contributed by atoms with E-state index in [1.54, 1.807) is 0 Å². The lowest BCUT2D eigenvalue weighted by molar-refractivity contribution is 0.619. The van der Waals surface area contributed by atoms with Gasteiger partial charge in [-0.2, -0.15) is 0 Å². The zero-order chi connectivity index (χ0) is 28.7. The third-order valence-electron chi connectivity index (χ3n) is 8.37. The molecule has 0 spiro atoms. The molecule has 7 rings (SSSR count). The summed E-state index contributed by atoms with van der Waals surface area (Å²) in [7, 11) is -0.713. The number of para-hydroxylation sites is 1. The molecule has 0 bridgehead atoms. The highest BCUT2D eigenvalue weighted by Crippen LogP contribution is 2.59. The van der Waals surface area contributed by atoms with Crippen molar-refractivity contribution in [2.75, 3.05) is 11.9 Å². The Hall–Kier alpha value is -4.59. The summed E-state index contributed by atoms with van der Waals surface area (Å²) in [6.07, 6.45) is 0. The fourth-order valence-corrected chi connectivity index (χ4v) is 9.08. The molecule has 1 aliphatic rings. The lowest BCUT2D eigenvalue weighted by Crippen LogP contribution is -2.24. The van der Waals surface area contributed by atoms with Gasteiger partial charge in [0.15, 0.2) is 7.28 Å². The number of anilines is 1. The van der Waals surface area contributed by atoms with E-state index in [1.165, 1.54) is 16.9 Å². The Morgan fingerprint density at radius 3 is 2.00 bits per heavy atom. The molecule has 0 amide bonds. The average molecular weight is 565 g/mol. The number of hydrogen-bond acceptors (Lipinski definition) is 3. The molecule has 4 heteroatoms. The number of allylic oxidation sites excluding steroid dienone is 1. The van der Waals surface area contributed by atoms with E-state index in [0.29, 0.717) is 0 Å². The Balaban J connectivity index is 1.58. The number of benzene rings is 6. The highest BCUT2D eigenvalue weighted by molar-refractivity contribution is 7.72. The van der Waals surface area contributed by atoms with Gasteiger partial charge in [0.05, 0.1) is 5.69 Å². The van der Waals surface area contributed by atoms with E-state index in [-0.39, 0.29) is 5.41 Å². The molecular formula is C38H33N2OP. The summed E-state index contributed by atoms with van der Waals surface area (Å²) in [5.41, 5.74) is 4.40. The van der Waals surface area contributed by atoms with E-state index in [1.807, 2.05) is 0 Å². The second-order valence-corrected chi connectivity index (χ2v) is 13.7. The lowest BCUT2D eigenvalue weighted by atomic mass is 9.84. The molecule has 3 nitrogen and oxygen atoms in total. The SMILES string of the molecule is CN1/C(=C\[P@](=Nc2cccc3ccccc23)(Oc2cccc3ccccc23)c2ccccc2)C(C)(C)c2ccccc21. The van der Waals surface area contributed by atoms with Crippen molar-refractivity contribution in [1.82, 2.24) is 0 Å². The van der Waals surface area contributed by atoms with Crippen molar-refractivity contribution < 1.29 is 4.52 Å². The molecule has 0 fully saturated rings. The van der Waals surface area contributed by atoms with E-state index < -0.39 is 7.28 Å². The van der Waals surface area contributed by atoms with Gasteiger partial charge in [-0.15, -0.1) is 0 Å². The summed E-state index contributed by atoms with van der Waals surface area (Å²) in [5.74, 6) is 3.19. The minimum atomic E-state index is -2.87. The van der Waals surface area contributed by atoms with Crippen molar-refractivity contribution in [3.63, 3.8) is 0 Å². The van der Waals surface area contributed by atoms with Crippen molar-refractivity contribution in [2.24, 2.45) is 4.74 Å². The molecule has 0 saturated heterocycles. The predicted molar refractivity (Wildman–Crippen MR) is 180 cm³/mol. The van der Waals surface area contributed by atoms with Gasteiger partial charge in [-0.05, 0) is 46.7 Å². The fraction of sp³-hybridized carbons (Fsp3) is 0.105. The molecule has 0 radical (unpaired) electrons. The first kappa shape index (κ1) is 26.3. The Labute approximate surface area is 247 Å². The molecular weight excluding hydrogens is 531 g/mol. The summed E-state index contributed by atoms with van der Waals surface area (Å²) in [4.78, 5) is 2.32. The van der Waals surface area contributed by atoms with Crippen LogP contribution in [0.4, 0.5) is 11.4 Å². The fourth-order valence-electron chi connectivity index (χ4n) is 6.18. The van der Waals surface area contributed by atoms with E-state index in [4.69, 9.17) is 9.27 Å². The molecule has 0 unspecified atom stereocenters. The highest BCUT2D eigenvalue weighted by atomic mass is 31.2. The van der Waals surface area contributed by atoms with Crippen LogP contribution in [0.25, 0.3) is 21.5 Å². The van der Waals surface area contributed by atoms with E-state index in [9.17, 15) is 0 Å². The van der Waals surface area contributed by atoms with Gasteiger partial charge in [-0.1, -0.05) is 123 Å². The Bertz CT molecular complexity index is 2020. The second-order valence-electron chi connectivity index (χ2n) is 11.3. The Kier molecular flexibility index (Phi) is 6.49. The monoisotopic (exact) mass is 564 g/mol. The van der Waals surface area contributed by atoms with Gasteiger partial charge < -0.3 is 9.42 Å². The predicted octanol–water partition coefficient (Wildman–Crippen LogP) is 10.4. The molecule has 0 aromatic heterocycles. The highest BCUT2D eigenvalue weighted by Gasteiger charge is 2.40. The topological polar surface area (TPSA) is 24.8 Å². The van der Waals surface area contributed by atoms with E-state index in [2.05, 4.69) is 171 Å². The van der Waals surface area contributed by atoms with Crippen molar-refractivity contribution >= 4 is 45.5 Å². The quantitative estimate of drug-likeness (QED) is 0.195. The number of likely N-dealkylation sites (N-methyl/N-ethyl adjacent to an activating group) is 1. The van der Waals surface area contributed by atoms with Crippen molar-refractivity contribution in [2.45, 2.75) is 19.3 Å². The minimum Gasteiger partial charge on any atom is -0.452 e. The van der Waals surface area contributed by atoms with Crippen LogP contribution in [0.3, 0.4) is 0 Å². The van der Waals surface area contributed by atoms with Crippen LogP contribution in [0.2, 0.25) is 0 Å². The van der Waals surface area contributed by atoms with Crippen LogP contribution in [-0.2, 0) is 5.41 Å². The molecule has 0 aliphatic carbocycles. The minimum absolute atomic E-state index is 0.234. The summed E-state index contributed by atoms with van der Waals surface area (Å²) in [5, 5.41) is 5.56. The zero-order valence-electron chi connectivity index (χ0n) is 24.1. The Morgan fingerprint density at radius 2 is 1.24 bits per heavy atom. The average Bonchev–Trinajstić information content (AvgIpc) is 3.22. The van der Waals surface area contributed by atoms with Crippen molar-refractivity contribution in [1.29, 1.82) is 0 Å². The third-order valence-corrected chi connectivity index (χ3v) is 11.0. The molecule has 0 saturated carbocycles. The first-order valence-electron chi connectivity index (χ1n) is 14.4. The van der Waals surface area contributed by atoms with E-state index in [0.717, 1.165) is 38.3 Å². The van der Waals surface area contributed by atoms with Gasteiger partial charge in [0, 0.05) is 45.7 Å². The first-order valence-corrected chi connectivity index (χ1v) is 16.1. The molecule has 6 aromatic rings. The number of rotatable bonds is 5.